The van der Waals surface area contributed by atoms with Crippen molar-refractivity contribution in [1.29, 1.82) is 0 Å². The van der Waals surface area contributed by atoms with Crippen LogP contribution in [0.25, 0.3) is 0 Å². The molecule has 1 aromatic carbocycles. The molecule has 0 aliphatic rings. The molecule has 2 rings (SSSR count). The van der Waals surface area contributed by atoms with Gasteiger partial charge in [-0.3, -0.25) is 0 Å². The second-order valence-corrected chi connectivity index (χ2v) is 5.06. The molecule has 4 nitrogen and oxygen atoms in total. The number of benzene rings is 1. The van der Waals surface area contributed by atoms with Gasteiger partial charge in [-0.2, -0.15) is 0 Å². The highest BCUT2D eigenvalue weighted by atomic mass is 79.9. The number of hydrogen-bond acceptors (Lipinski definition) is 3. The average molecular weight is 296 g/mol. The molecule has 0 aliphatic heterocycles. The molecule has 0 amide bonds. The minimum atomic E-state index is 0.228. The lowest BCUT2D eigenvalue weighted by molar-refractivity contribution is 0.289. The van der Waals surface area contributed by atoms with Crippen molar-refractivity contribution in [2.24, 2.45) is 0 Å². The first-order valence-electron chi connectivity index (χ1n) is 5.47. The average Bonchev–Trinajstić information content (AvgIpc) is 2.79. The van der Waals surface area contributed by atoms with Gasteiger partial charge in [-0.1, -0.05) is 39.3 Å². The Morgan fingerprint density at radius 2 is 2.12 bits per heavy atom. The predicted octanol–water partition coefficient (Wildman–Crippen LogP) is 2.81. The molecule has 1 heterocycles. The predicted molar refractivity (Wildman–Crippen MR) is 69.3 cm³/mol. The fourth-order valence-electron chi connectivity index (χ4n) is 1.38. The lowest BCUT2D eigenvalue weighted by Gasteiger charge is -2.05. The molecular weight excluding hydrogens is 282 g/mol. The molecule has 1 unspecified atom stereocenters. The smallest absolute Gasteiger partial charge is 0.119 e. The highest BCUT2D eigenvalue weighted by Gasteiger charge is 2.05. The number of nitrogens with zero attached hydrogens (tertiary/aromatic N) is 3. The third-order valence-electron chi connectivity index (χ3n) is 2.30. The van der Waals surface area contributed by atoms with E-state index in [0.29, 0.717) is 13.2 Å². The summed E-state index contributed by atoms with van der Waals surface area (Å²) in [7, 11) is 0. The number of ether oxygens (including phenoxy) is 1. The Kier molecular flexibility index (Phi) is 4.14. The Balaban J connectivity index is 1.82. The third-order valence-corrected chi connectivity index (χ3v) is 2.77. The molecule has 0 bridgehead atoms. The van der Waals surface area contributed by atoms with Crippen molar-refractivity contribution >= 4 is 15.9 Å². The molecule has 5 heteroatoms. The second-order valence-electron chi connectivity index (χ2n) is 3.68. The fourth-order valence-corrected chi connectivity index (χ4v) is 1.59. The summed E-state index contributed by atoms with van der Waals surface area (Å²) < 4.78 is 7.37. The lowest BCUT2D eigenvalue weighted by atomic mass is 10.3. The van der Waals surface area contributed by atoms with Gasteiger partial charge in [-0.05, 0) is 19.1 Å². The van der Waals surface area contributed by atoms with Crippen LogP contribution in [-0.2, 0) is 6.54 Å². The molecule has 0 N–H and O–H groups in total. The van der Waals surface area contributed by atoms with E-state index in [1.54, 1.807) is 4.68 Å². The van der Waals surface area contributed by atoms with Crippen LogP contribution in [0.4, 0.5) is 0 Å². The Bertz CT molecular complexity index is 456. The zero-order valence-corrected chi connectivity index (χ0v) is 11.2. The van der Waals surface area contributed by atoms with Gasteiger partial charge in [0.15, 0.2) is 0 Å². The maximum atomic E-state index is 5.58. The van der Waals surface area contributed by atoms with Gasteiger partial charge < -0.3 is 4.74 Å². The summed E-state index contributed by atoms with van der Waals surface area (Å²) in [5.41, 5.74) is 0.935. The van der Waals surface area contributed by atoms with Gasteiger partial charge in [-0.15, -0.1) is 5.10 Å². The van der Waals surface area contributed by atoms with E-state index in [2.05, 4.69) is 26.2 Å². The number of hydrogen-bond donors (Lipinski definition) is 0. The van der Waals surface area contributed by atoms with Crippen LogP contribution < -0.4 is 4.74 Å². The second kappa shape index (κ2) is 5.82. The Morgan fingerprint density at radius 1 is 1.35 bits per heavy atom. The summed E-state index contributed by atoms with van der Waals surface area (Å²) in [6.07, 6.45) is 1.92. The first kappa shape index (κ1) is 12.1. The molecule has 2 aromatic rings. The van der Waals surface area contributed by atoms with E-state index in [-0.39, 0.29) is 4.83 Å². The maximum Gasteiger partial charge on any atom is 0.119 e. The summed E-state index contributed by atoms with van der Waals surface area (Å²) in [4.78, 5) is 0.228. The van der Waals surface area contributed by atoms with E-state index in [4.69, 9.17) is 4.74 Å². The number of alkyl halides is 1. The molecule has 0 saturated carbocycles. The SMILES string of the molecule is CC(Br)c1cn(CCOc2ccccc2)nn1. The molecule has 0 saturated heterocycles. The van der Waals surface area contributed by atoms with Gasteiger partial charge in [0.05, 0.1) is 17.1 Å². The molecule has 17 heavy (non-hydrogen) atoms. The van der Waals surface area contributed by atoms with Crippen molar-refractivity contribution < 1.29 is 4.74 Å². The Hall–Kier alpha value is -1.36. The monoisotopic (exact) mass is 295 g/mol. The maximum absolute atomic E-state index is 5.58. The zero-order chi connectivity index (χ0) is 12.1. The van der Waals surface area contributed by atoms with Gasteiger partial charge >= 0.3 is 0 Å². The minimum Gasteiger partial charge on any atom is -0.492 e. The van der Waals surface area contributed by atoms with Crippen LogP contribution in [0, 0.1) is 0 Å². The van der Waals surface area contributed by atoms with Crippen LogP contribution in [0.5, 0.6) is 5.75 Å². The van der Waals surface area contributed by atoms with Crippen LogP contribution in [0.15, 0.2) is 36.5 Å². The number of aromatic nitrogens is 3. The van der Waals surface area contributed by atoms with Gasteiger partial charge in [0.25, 0.3) is 0 Å². The summed E-state index contributed by atoms with van der Waals surface area (Å²) in [5.74, 6) is 0.877. The molecule has 90 valence electrons. The number of para-hydroxylation sites is 1. The van der Waals surface area contributed by atoms with Gasteiger partial charge in [0.1, 0.15) is 12.4 Å². The summed E-state index contributed by atoms with van der Waals surface area (Å²) >= 11 is 3.45. The highest BCUT2D eigenvalue weighted by Crippen LogP contribution is 2.17. The molecule has 1 atom stereocenters. The van der Waals surface area contributed by atoms with Gasteiger partial charge in [0.2, 0.25) is 0 Å². The molecule has 0 radical (unpaired) electrons. The van der Waals surface area contributed by atoms with E-state index in [1.807, 2.05) is 43.5 Å². The molecule has 1 aromatic heterocycles. The summed E-state index contributed by atoms with van der Waals surface area (Å²) in [5, 5.41) is 8.08. The van der Waals surface area contributed by atoms with Crippen LogP contribution in [-0.4, -0.2) is 21.6 Å². The van der Waals surface area contributed by atoms with Gasteiger partial charge in [0, 0.05) is 6.20 Å². The normalized spacial score (nSPS) is 12.4. The first-order valence-corrected chi connectivity index (χ1v) is 6.39. The standard InChI is InChI=1S/C12H14BrN3O/c1-10(13)12-9-16(15-14-12)7-8-17-11-5-3-2-4-6-11/h2-6,9-10H,7-8H2,1H3. The third kappa shape index (κ3) is 3.56. The molecule has 0 fully saturated rings. The lowest BCUT2D eigenvalue weighted by Crippen LogP contribution is -2.08. The van der Waals surface area contributed by atoms with Crippen molar-refractivity contribution in [3.05, 3.63) is 42.2 Å². The van der Waals surface area contributed by atoms with E-state index in [9.17, 15) is 0 Å². The molecule has 0 aliphatic carbocycles. The number of rotatable bonds is 5. The molecule has 0 spiro atoms. The first-order chi connectivity index (χ1) is 8.25. The van der Waals surface area contributed by atoms with Crippen LogP contribution in [0.2, 0.25) is 0 Å². The van der Waals surface area contributed by atoms with Crippen molar-refractivity contribution in [2.45, 2.75) is 18.3 Å². The van der Waals surface area contributed by atoms with E-state index in [0.717, 1.165) is 11.4 Å². The number of halogens is 1. The Labute approximate surface area is 109 Å². The van der Waals surface area contributed by atoms with Crippen molar-refractivity contribution in [3.63, 3.8) is 0 Å². The van der Waals surface area contributed by atoms with Crippen LogP contribution >= 0.6 is 15.9 Å². The summed E-state index contributed by atoms with van der Waals surface area (Å²) in [6.45, 7) is 3.31. The van der Waals surface area contributed by atoms with Gasteiger partial charge in [-0.25, -0.2) is 4.68 Å². The Morgan fingerprint density at radius 3 is 2.76 bits per heavy atom. The topological polar surface area (TPSA) is 39.9 Å². The zero-order valence-electron chi connectivity index (χ0n) is 9.58. The largest absolute Gasteiger partial charge is 0.492 e. The minimum absolute atomic E-state index is 0.228. The highest BCUT2D eigenvalue weighted by molar-refractivity contribution is 9.09. The van der Waals surface area contributed by atoms with E-state index < -0.39 is 0 Å². The van der Waals surface area contributed by atoms with Crippen molar-refractivity contribution in [1.82, 2.24) is 15.0 Å². The quantitative estimate of drug-likeness (QED) is 0.797. The van der Waals surface area contributed by atoms with Crippen molar-refractivity contribution in [2.75, 3.05) is 6.61 Å². The van der Waals surface area contributed by atoms with E-state index in [1.165, 1.54) is 0 Å². The molecular formula is C12H14BrN3O. The van der Waals surface area contributed by atoms with Crippen LogP contribution in [0.1, 0.15) is 17.4 Å². The van der Waals surface area contributed by atoms with Crippen LogP contribution in [0.3, 0.4) is 0 Å². The fraction of sp³-hybridized carbons (Fsp3) is 0.333. The summed E-state index contributed by atoms with van der Waals surface area (Å²) in [6, 6.07) is 9.75. The van der Waals surface area contributed by atoms with Crippen molar-refractivity contribution in [3.8, 4) is 5.75 Å². The van der Waals surface area contributed by atoms with E-state index >= 15 is 0 Å².